The van der Waals surface area contributed by atoms with E-state index in [4.69, 9.17) is 9.84 Å². The zero-order valence-corrected chi connectivity index (χ0v) is 7.95. The van der Waals surface area contributed by atoms with Crippen LogP contribution in [-0.2, 0) is 9.53 Å². The number of aliphatic carboxylic acids is 1. The van der Waals surface area contributed by atoms with Crippen molar-refractivity contribution in [3.63, 3.8) is 0 Å². The molecule has 0 aromatic carbocycles. The molecule has 2 atom stereocenters. The molecule has 2 N–H and O–H groups in total. The molecular weight excluding hydrogens is 170 g/mol. The Kier molecular flexibility index (Phi) is 4.18. The van der Waals surface area contributed by atoms with Crippen LogP contribution in [0.25, 0.3) is 0 Å². The largest absolute Gasteiger partial charge is 0.481 e. The minimum atomic E-state index is -0.692. The highest BCUT2D eigenvalue weighted by atomic mass is 16.5. The molecule has 1 rings (SSSR count). The van der Waals surface area contributed by atoms with Gasteiger partial charge in [0.05, 0.1) is 6.61 Å². The molecule has 0 aromatic rings. The molecular formula is C9H17NO3. The number of carboxylic acids is 1. The van der Waals surface area contributed by atoms with E-state index in [-0.39, 0.29) is 0 Å². The number of methoxy groups -OCH3 is 1. The Balaban J connectivity index is 2.28. The Morgan fingerprint density at radius 2 is 2.46 bits per heavy atom. The molecule has 1 aliphatic heterocycles. The van der Waals surface area contributed by atoms with Crippen LogP contribution >= 0.6 is 0 Å². The van der Waals surface area contributed by atoms with Crippen LogP contribution in [0.1, 0.15) is 19.3 Å². The van der Waals surface area contributed by atoms with Crippen molar-refractivity contribution < 1.29 is 14.6 Å². The molecule has 0 radical (unpaired) electrons. The van der Waals surface area contributed by atoms with Crippen molar-refractivity contribution in [3.8, 4) is 0 Å². The summed E-state index contributed by atoms with van der Waals surface area (Å²) in [5, 5.41) is 11.9. The van der Waals surface area contributed by atoms with Gasteiger partial charge in [-0.05, 0) is 25.3 Å². The fourth-order valence-electron chi connectivity index (χ4n) is 1.86. The average Bonchev–Trinajstić information content (AvgIpc) is 2.04. The third kappa shape index (κ3) is 3.74. The summed E-state index contributed by atoms with van der Waals surface area (Å²) < 4.78 is 5.02. The van der Waals surface area contributed by atoms with Gasteiger partial charge in [-0.25, -0.2) is 0 Å². The van der Waals surface area contributed by atoms with Gasteiger partial charge in [-0.2, -0.15) is 0 Å². The highest BCUT2D eigenvalue weighted by Crippen LogP contribution is 2.19. The van der Waals surface area contributed by atoms with Crippen molar-refractivity contribution in [1.29, 1.82) is 0 Å². The van der Waals surface area contributed by atoms with E-state index in [1.165, 1.54) is 0 Å². The van der Waals surface area contributed by atoms with Crippen LogP contribution < -0.4 is 5.32 Å². The van der Waals surface area contributed by atoms with Crippen molar-refractivity contribution in [2.45, 2.75) is 25.3 Å². The standard InChI is InChI=1S/C9H17NO3/c1-13-6-8-4-7(2-3-10-8)5-9(11)12/h7-8,10H,2-6H2,1H3,(H,11,12). The molecule has 4 heteroatoms. The van der Waals surface area contributed by atoms with E-state index < -0.39 is 5.97 Å². The number of carboxylic acid groups (broad SMARTS) is 1. The van der Waals surface area contributed by atoms with Gasteiger partial charge in [-0.1, -0.05) is 0 Å². The molecule has 2 unspecified atom stereocenters. The first-order chi connectivity index (χ1) is 6.22. The van der Waals surface area contributed by atoms with Gasteiger partial charge in [0.2, 0.25) is 0 Å². The molecule has 0 saturated carbocycles. The second-order valence-corrected chi connectivity index (χ2v) is 3.59. The topological polar surface area (TPSA) is 58.6 Å². The number of piperidine rings is 1. The first-order valence-corrected chi connectivity index (χ1v) is 4.66. The van der Waals surface area contributed by atoms with Crippen molar-refractivity contribution >= 4 is 5.97 Å². The monoisotopic (exact) mass is 187 g/mol. The molecule has 0 spiro atoms. The number of carbonyl (C=O) groups is 1. The highest BCUT2D eigenvalue weighted by molar-refractivity contribution is 5.67. The summed E-state index contributed by atoms with van der Waals surface area (Å²) in [5.74, 6) is -0.373. The second-order valence-electron chi connectivity index (χ2n) is 3.59. The van der Waals surface area contributed by atoms with Crippen molar-refractivity contribution in [2.24, 2.45) is 5.92 Å². The first-order valence-electron chi connectivity index (χ1n) is 4.66. The van der Waals surface area contributed by atoms with Crippen LogP contribution in [0.15, 0.2) is 0 Å². The molecule has 76 valence electrons. The van der Waals surface area contributed by atoms with Gasteiger partial charge in [0.25, 0.3) is 0 Å². The van der Waals surface area contributed by atoms with Crippen LogP contribution in [-0.4, -0.2) is 37.4 Å². The van der Waals surface area contributed by atoms with Gasteiger partial charge in [0.1, 0.15) is 0 Å². The Labute approximate surface area is 78.3 Å². The van der Waals surface area contributed by atoms with Crippen LogP contribution in [0.2, 0.25) is 0 Å². The molecule has 1 aliphatic rings. The Hall–Kier alpha value is -0.610. The van der Waals surface area contributed by atoms with Gasteiger partial charge < -0.3 is 15.2 Å². The fraction of sp³-hybridized carbons (Fsp3) is 0.889. The van der Waals surface area contributed by atoms with Crippen LogP contribution in [0.3, 0.4) is 0 Å². The summed E-state index contributed by atoms with van der Waals surface area (Å²) in [6.45, 7) is 1.59. The molecule has 0 aromatic heterocycles. The Bertz CT molecular complexity index is 170. The molecule has 1 saturated heterocycles. The molecule has 1 heterocycles. The van der Waals surface area contributed by atoms with E-state index in [0.29, 0.717) is 25.0 Å². The molecule has 0 bridgehead atoms. The maximum absolute atomic E-state index is 10.5. The van der Waals surface area contributed by atoms with E-state index in [9.17, 15) is 4.79 Å². The quantitative estimate of drug-likeness (QED) is 0.672. The predicted octanol–water partition coefficient (Wildman–Crippen LogP) is 0.476. The van der Waals surface area contributed by atoms with E-state index in [2.05, 4.69) is 5.32 Å². The number of ether oxygens (including phenoxy) is 1. The van der Waals surface area contributed by atoms with Crippen molar-refractivity contribution in [2.75, 3.05) is 20.3 Å². The van der Waals surface area contributed by atoms with Gasteiger partial charge in [-0.3, -0.25) is 4.79 Å². The van der Waals surface area contributed by atoms with E-state index in [0.717, 1.165) is 19.4 Å². The van der Waals surface area contributed by atoms with E-state index >= 15 is 0 Å². The molecule has 0 aliphatic carbocycles. The van der Waals surface area contributed by atoms with Gasteiger partial charge in [0.15, 0.2) is 0 Å². The lowest BCUT2D eigenvalue weighted by Crippen LogP contribution is -2.41. The lowest BCUT2D eigenvalue weighted by molar-refractivity contribution is -0.138. The van der Waals surface area contributed by atoms with Crippen LogP contribution in [0, 0.1) is 5.92 Å². The molecule has 0 amide bonds. The van der Waals surface area contributed by atoms with Gasteiger partial charge >= 0.3 is 5.97 Å². The van der Waals surface area contributed by atoms with Crippen molar-refractivity contribution in [3.05, 3.63) is 0 Å². The molecule has 1 fully saturated rings. The number of nitrogens with one attached hydrogen (secondary N) is 1. The number of hydrogen-bond acceptors (Lipinski definition) is 3. The lowest BCUT2D eigenvalue weighted by atomic mass is 9.90. The highest BCUT2D eigenvalue weighted by Gasteiger charge is 2.22. The Morgan fingerprint density at radius 1 is 1.69 bits per heavy atom. The fourth-order valence-corrected chi connectivity index (χ4v) is 1.86. The summed E-state index contributed by atoms with van der Waals surface area (Å²) in [6, 6.07) is 0.336. The summed E-state index contributed by atoms with van der Waals surface area (Å²) in [6.07, 6.45) is 2.18. The minimum absolute atomic E-state index is 0.294. The van der Waals surface area contributed by atoms with Gasteiger partial charge in [0, 0.05) is 19.6 Å². The zero-order valence-electron chi connectivity index (χ0n) is 7.95. The first kappa shape index (κ1) is 10.5. The average molecular weight is 187 g/mol. The lowest BCUT2D eigenvalue weighted by Gasteiger charge is -2.28. The maximum Gasteiger partial charge on any atom is 0.303 e. The maximum atomic E-state index is 10.5. The SMILES string of the molecule is COCC1CC(CC(=O)O)CCN1. The zero-order chi connectivity index (χ0) is 9.68. The number of rotatable bonds is 4. The minimum Gasteiger partial charge on any atom is -0.481 e. The normalized spacial score (nSPS) is 28.7. The summed E-state index contributed by atoms with van der Waals surface area (Å²) in [5.41, 5.74) is 0. The van der Waals surface area contributed by atoms with E-state index in [1.54, 1.807) is 7.11 Å². The van der Waals surface area contributed by atoms with Crippen LogP contribution in [0.5, 0.6) is 0 Å². The second kappa shape index (κ2) is 5.19. The smallest absolute Gasteiger partial charge is 0.303 e. The number of hydrogen-bond donors (Lipinski definition) is 2. The third-order valence-corrected chi connectivity index (χ3v) is 2.43. The third-order valence-electron chi connectivity index (χ3n) is 2.43. The summed E-state index contributed by atoms with van der Waals surface area (Å²) in [4.78, 5) is 10.5. The summed E-state index contributed by atoms with van der Waals surface area (Å²) >= 11 is 0. The van der Waals surface area contributed by atoms with Crippen molar-refractivity contribution in [1.82, 2.24) is 5.32 Å². The van der Waals surface area contributed by atoms with Crippen LogP contribution in [0.4, 0.5) is 0 Å². The predicted molar refractivity (Wildman–Crippen MR) is 48.6 cm³/mol. The summed E-state index contributed by atoms with van der Waals surface area (Å²) in [7, 11) is 1.67. The van der Waals surface area contributed by atoms with Gasteiger partial charge in [-0.15, -0.1) is 0 Å². The molecule has 4 nitrogen and oxygen atoms in total. The van der Waals surface area contributed by atoms with E-state index in [1.807, 2.05) is 0 Å². The Morgan fingerprint density at radius 3 is 3.08 bits per heavy atom. The molecule has 13 heavy (non-hydrogen) atoms.